The molecule has 0 bridgehead atoms. The molecule has 6 nitrogen and oxygen atoms in total. The van der Waals surface area contributed by atoms with Crippen molar-refractivity contribution in [3.8, 4) is 0 Å². The summed E-state index contributed by atoms with van der Waals surface area (Å²) in [6.45, 7) is 0. The highest BCUT2D eigenvalue weighted by molar-refractivity contribution is 7.99. The summed E-state index contributed by atoms with van der Waals surface area (Å²) in [4.78, 5) is 28.6. The van der Waals surface area contributed by atoms with E-state index < -0.39 is 10.8 Å². The number of hydrogen-bond acceptors (Lipinski definition) is 5. The predicted molar refractivity (Wildman–Crippen MR) is 101 cm³/mol. The van der Waals surface area contributed by atoms with E-state index in [2.05, 4.69) is 10.3 Å². The zero-order chi connectivity index (χ0) is 18.5. The number of rotatable bonds is 5. The van der Waals surface area contributed by atoms with Crippen molar-refractivity contribution in [1.29, 1.82) is 0 Å². The molecule has 3 aromatic rings. The van der Waals surface area contributed by atoms with Crippen molar-refractivity contribution in [1.82, 2.24) is 4.98 Å². The standard InChI is InChI=1S/C18H12ClN3O3S/c19-12-1-4-15(5-2-12)26-17-6-3-14(22(24)25)11-16(17)18(23)21-13-7-9-20-10-8-13/h1-11H,(H,20,21,23). The maximum Gasteiger partial charge on any atom is 0.270 e. The van der Waals surface area contributed by atoms with Crippen LogP contribution in [0.1, 0.15) is 10.4 Å². The average molecular weight is 386 g/mol. The monoisotopic (exact) mass is 385 g/mol. The first kappa shape index (κ1) is 17.9. The summed E-state index contributed by atoms with van der Waals surface area (Å²) in [6, 6.07) is 14.6. The van der Waals surface area contributed by atoms with Gasteiger partial charge in [-0.1, -0.05) is 23.4 Å². The number of nitrogens with one attached hydrogen (secondary N) is 1. The quantitative estimate of drug-likeness (QED) is 0.490. The normalized spacial score (nSPS) is 10.3. The number of benzene rings is 2. The molecule has 26 heavy (non-hydrogen) atoms. The number of amides is 1. The van der Waals surface area contributed by atoms with Gasteiger partial charge in [0.25, 0.3) is 11.6 Å². The van der Waals surface area contributed by atoms with Crippen LogP contribution in [0.15, 0.2) is 76.8 Å². The van der Waals surface area contributed by atoms with Gasteiger partial charge in [0.1, 0.15) is 0 Å². The number of halogens is 1. The molecular formula is C18H12ClN3O3S. The van der Waals surface area contributed by atoms with Crippen molar-refractivity contribution in [3.05, 3.63) is 87.7 Å². The number of non-ortho nitro benzene ring substituents is 1. The van der Waals surface area contributed by atoms with Crippen LogP contribution in [-0.4, -0.2) is 15.8 Å². The molecule has 2 aromatic carbocycles. The van der Waals surface area contributed by atoms with Crippen molar-refractivity contribution in [2.24, 2.45) is 0 Å². The lowest BCUT2D eigenvalue weighted by Crippen LogP contribution is -2.13. The Labute approximate surface area is 158 Å². The second-order valence-electron chi connectivity index (χ2n) is 5.18. The molecule has 1 aromatic heterocycles. The molecule has 1 amide bonds. The fourth-order valence-electron chi connectivity index (χ4n) is 2.16. The predicted octanol–water partition coefficient (Wildman–Crippen LogP) is 5.05. The molecule has 1 heterocycles. The van der Waals surface area contributed by atoms with Crippen LogP contribution in [0.3, 0.4) is 0 Å². The van der Waals surface area contributed by atoms with Gasteiger partial charge in [-0.2, -0.15) is 0 Å². The molecule has 0 atom stereocenters. The van der Waals surface area contributed by atoms with E-state index in [0.29, 0.717) is 15.6 Å². The zero-order valence-corrected chi connectivity index (χ0v) is 14.8. The largest absolute Gasteiger partial charge is 0.322 e. The van der Waals surface area contributed by atoms with Gasteiger partial charge >= 0.3 is 0 Å². The summed E-state index contributed by atoms with van der Waals surface area (Å²) in [5.74, 6) is -0.434. The number of nitro groups is 1. The third kappa shape index (κ3) is 4.38. The van der Waals surface area contributed by atoms with Crippen LogP contribution < -0.4 is 5.32 Å². The number of carbonyl (C=O) groups is 1. The molecule has 0 radical (unpaired) electrons. The molecule has 0 saturated heterocycles. The Morgan fingerprint density at radius 2 is 1.77 bits per heavy atom. The van der Waals surface area contributed by atoms with Crippen molar-refractivity contribution in [2.75, 3.05) is 5.32 Å². The van der Waals surface area contributed by atoms with E-state index in [-0.39, 0.29) is 11.3 Å². The Bertz CT molecular complexity index is 950. The van der Waals surface area contributed by atoms with Gasteiger partial charge in [-0.15, -0.1) is 0 Å². The third-order valence-corrected chi connectivity index (χ3v) is 4.73. The van der Waals surface area contributed by atoms with Crippen molar-refractivity contribution in [2.45, 2.75) is 9.79 Å². The fourth-order valence-corrected chi connectivity index (χ4v) is 3.21. The summed E-state index contributed by atoms with van der Waals surface area (Å²) in [6.07, 6.45) is 3.10. The first-order valence-electron chi connectivity index (χ1n) is 7.46. The number of nitro benzene ring substituents is 1. The second-order valence-corrected chi connectivity index (χ2v) is 6.74. The van der Waals surface area contributed by atoms with Gasteiger partial charge in [0.05, 0.1) is 10.5 Å². The van der Waals surface area contributed by atoms with E-state index in [0.717, 1.165) is 4.90 Å². The number of aromatic nitrogens is 1. The first-order chi connectivity index (χ1) is 12.5. The Hall–Kier alpha value is -2.90. The van der Waals surface area contributed by atoms with Gasteiger partial charge in [0.15, 0.2) is 0 Å². The molecule has 0 spiro atoms. The summed E-state index contributed by atoms with van der Waals surface area (Å²) < 4.78 is 0. The maximum absolute atomic E-state index is 12.7. The van der Waals surface area contributed by atoms with Crippen LogP contribution in [0.2, 0.25) is 5.02 Å². The molecule has 0 saturated carbocycles. The highest BCUT2D eigenvalue weighted by Crippen LogP contribution is 2.33. The smallest absolute Gasteiger partial charge is 0.270 e. The molecule has 1 N–H and O–H groups in total. The number of hydrogen-bond donors (Lipinski definition) is 1. The van der Waals surface area contributed by atoms with E-state index in [9.17, 15) is 14.9 Å². The number of carbonyl (C=O) groups excluding carboxylic acids is 1. The van der Waals surface area contributed by atoms with Gasteiger partial charge in [-0.3, -0.25) is 19.9 Å². The molecule has 0 aliphatic heterocycles. The lowest BCUT2D eigenvalue weighted by Gasteiger charge is -2.10. The number of nitrogens with zero attached hydrogens (tertiary/aromatic N) is 2. The van der Waals surface area contributed by atoms with Crippen LogP contribution in [0.25, 0.3) is 0 Å². The van der Waals surface area contributed by atoms with Gasteiger partial charge in [-0.25, -0.2) is 0 Å². The lowest BCUT2D eigenvalue weighted by atomic mass is 10.2. The zero-order valence-electron chi connectivity index (χ0n) is 13.3. The lowest BCUT2D eigenvalue weighted by molar-refractivity contribution is -0.384. The summed E-state index contributed by atoms with van der Waals surface area (Å²) in [5, 5.41) is 14.4. The van der Waals surface area contributed by atoms with E-state index >= 15 is 0 Å². The van der Waals surface area contributed by atoms with E-state index in [1.807, 2.05) is 12.1 Å². The van der Waals surface area contributed by atoms with Crippen LogP contribution >= 0.6 is 23.4 Å². The maximum atomic E-state index is 12.7. The van der Waals surface area contributed by atoms with Crippen LogP contribution in [0, 0.1) is 10.1 Å². The van der Waals surface area contributed by atoms with Gasteiger partial charge in [0, 0.05) is 45.0 Å². The highest BCUT2D eigenvalue weighted by atomic mass is 35.5. The average Bonchev–Trinajstić information content (AvgIpc) is 2.64. The van der Waals surface area contributed by atoms with Gasteiger partial charge in [-0.05, 0) is 42.5 Å². The molecule has 0 aliphatic rings. The Morgan fingerprint density at radius 3 is 2.42 bits per heavy atom. The molecular weight excluding hydrogens is 374 g/mol. The molecule has 3 rings (SSSR count). The van der Waals surface area contributed by atoms with E-state index in [1.54, 1.807) is 42.7 Å². The van der Waals surface area contributed by atoms with Crippen LogP contribution in [-0.2, 0) is 0 Å². The van der Waals surface area contributed by atoms with E-state index in [1.165, 1.54) is 23.9 Å². The SMILES string of the molecule is O=C(Nc1ccncc1)c1cc([N+](=O)[O-])ccc1Sc1ccc(Cl)cc1. The summed E-state index contributed by atoms with van der Waals surface area (Å²) >= 11 is 7.22. The summed E-state index contributed by atoms with van der Waals surface area (Å²) in [5.41, 5.74) is 0.625. The number of pyridine rings is 1. The molecule has 0 unspecified atom stereocenters. The van der Waals surface area contributed by atoms with Crippen LogP contribution in [0.5, 0.6) is 0 Å². The van der Waals surface area contributed by atoms with Crippen molar-refractivity contribution in [3.63, 3.8) is 0 Å². The molecule has 130 valence electrons. The van der Waals surface area contributed by atoms with E-state index in [4.69, 9.17) is 11.6 Å². The second kappa shape index (κ2) is 7.99. The Kier molecular flexibility index (Phi) is 5.50. The molecule has 0 fully saturated rings. The van der Waals surface area contributed by atoms with Gasteiger partial charge < -0.3 is 5.32 Å². The first-order valence-corrected chi connectivity index (χ1v) is 8.65. The fraction of sp³-hybridized carbons (Fsp3) is 0. The highest BCUT2D eigenvalue weighted by Gasteiger charge is 2.18. The number of anilines is 1. The molecule has 0 aliphatic carbocycles. The minimum Gasteiger partial charge on any atom is -0.322 e. The van der Waals surface area contributed by atoms with Crippen LogP contribution in [0.4, 0.5) is 11.4 Å². The minimum absolute atomic E-state index is 0.148. The Morgan fingerprint density at radius 1 is 1.08 bits per heavy atom. The molecule has 8 heteroatoms. The van der Waals surface area contributed by atoms with Crippen molar-refractivity contribution >= 4 is 40.6 Å². The van der Waals surface area contributed by atoms with Gasteiger partial charge in [0.2, 0.25) is 0 Å². The summed E-state index contributed by atoms with van der Waals surface area (Å²) in [7, 11) is 0. The topological polar surface area (TPSA) is 85.1 Å². The minimum atomic E-state index is -0.528. The van der Waals surface area contributed by atoms with Crippen molar-refractivity contribution < 1.29 is 9.72 Å². The Balaban J connectivity index is 1.94. The third-order valence-electron chi connectivity index (χ3n) is 3.40.